The van der Waals surface area contributed by atoms with Crippen LogP contribution in [-0.2, 0) is 6.54 Å². The van der Waals surface area contributed by atoms with E-state index < -0.39 is 0 Å². The fourth-order valence-electron chi connectivity index (χ4n) is 3.20. The van der Waals surface area contributed by atoms with E-state index in [0.29, 0.717) is 6.04 Å². The third-order valence-electron chi connectivity index (χ3n) is 4.51. The van der Waals surface area contributed by atoms with Gasteiger partial charge in [0.05, 0.1) is 14.2 Å². The number of hydrogen-bond donors (Lipinski definition) is 0. The molecule has 1 fully saturated rings. The van der Waals surface area contributed by atoms with E-state index in [2.05, 4.69) is 23.1 Å². The van der Waals surface area contributed by atoms with Crippen LogP contribution >= 0.6 is 0 Å². The maximum atomic E-state index is 5.53. The highest BCUT2D eigenvalue weighted by Gasteiger charge is 2.33. The zero-order valence-corrected chi connectivity index (χ0v) is 13.0. The molecule has 0 N–H and O–H groups in total. The van der Waals surface area contributed by atoms with Gasteiger partial charge >= 0.3 is 0 Å². The van der Waals surface area contributed by atoms with Crippen LogP contribution in [0.15, 0.2) is 30.4 Å². The highest BCUT2D eigenvalue weighted by atomic mass is 16.5. The Labute approximate surface area is 127 Å². The van der Waals surface area contributed by atoms with E-state index in [1.165, 1.54) is 37.7 Å². The molecule has 0 aliphatic heterocycles. The molecule has 3 heteroatoms. The summed E-state index contributed by atoms with van der Waals surface area (Å²) in [7, 11) is 3.46. The number of methoxy groups -OCH3 is 2. The predicted molar refractivity (Wildman–Crippen MR) is 84.9 cm³/mol. The van der Waals surface area contributed by atoms with Crippen molar-refractivity contribution in [1.29, 1.82) is 0 Å². The van der Waals surface area contributed by atoms with Gasteiger partial charge in [-0.3, -0.25) is 4.90 Å². The van der Waals surface area contributed by atoms with Crippen LogP contribution in [-0.4, -0.2) is 31.2 Å². The van der Waals surface area contributed by atoms with Gasteiger partial charge in [-0.25, -0.2) is 0 Å². The standard InChI is InChI=1S/C18H25NO2/c1-20-17-10-11-18(21-2)14(12-17)13-19(16-8-9-16)15-6-4-3-5-7-15/h4,6,10-12,15-16H,3,5,7-9,13H2,1-2H3. The molecule has 21 heavy (non-hydrogen) atoms. The van der Waals surface area contributed by atoms with E-state index >= 15 is 0 Å². The van der Waals surface area contributed by atoms with Gasteiger partial charge < -0.3 is 9.47 Å². The molecule has 1 saturated carbocycles. The van der Waals surface area contributed by atoms with Crippen LogP contribution in [0, 0.1) is 0 Å². The summed E-state index contributed by atoms with van der Waals surface area (Å²) in [5.74, 6) is 1.86. The average molecular weight is 287 g/mol. The molecule has 0 heterocycles. The minimum Gasteiger partial charge on any atom is -0.497 e. The van der Waals surface area contributed by atoms with Gasteiger partial charge in [0.25, 0.3) is 0 Å². The summed E-state index contributed by atoms with van der Waals surface area (Å²) in [5.41, 5.74) is 1.22. The van der Waals surface area contributed by atoms with Gasteiger partial charge in [-0.15, -0.1) is 0 Å². The first-order valence-electron chi connectivity index (χ1n) is 7.95. The smallest absolute Gasteiger partial charge is 0.123 e. The molecule has 0 aromatic heterocycles. The van der Waals surface area contributed by atoms with Crippen molar-refractivity contribution in [2.24, 2.45) is 0 Å². The third kappa shape index (κ3) is 3.41. The molecule has 0 bridgehead atoms. The van der Waals surface area contributed by atoms with Crippen molar-refractivity contribution in [2.75, 3.05) is 14.2 Å². The summed E-state index contributed by atoms with van der Waals surface area (Å²) in [6.07, 6.45) is 11.2. The van der Waals surface area contributed by atoms with Gasteiger partial charge in [0, 0.05) is 24.2 Å². The van der Waals surface area contributed by atoms with E-state index in [9.17, 15) is 0 Å². The largest absolute Gasteiger partial charge is 0.497 e. The molecular formula is C18H25NO2. The molecule has 1 unspecified atom stereocenters. The molecule has 2 aliphatic rings. The molecular weight excluding hydrogens is 262 g/mol. The van der Waals surface area contributed by atoms with Crippen LogP contribution in [0.1, 0.15) is 37.7 Å². The monoisotopic (exact) mass is 287 g/mol. The molecule has 0 saturated heterocycles. The molecule has 1 aromatic carbocycles. The number of rotatable bonds is 6. The van der Waals surface area contributed by atoms with Crippen molar-refractivity contribution in [2.45, 2.75) is 50.7 Å². The lowest BCUT2D eigenvalue weighted by atomic mass is 10.0. The minimum absolute atomic E-state index is 0.585. The number of ether oxygens (including phenoxy) is 2. The summed E-state index contributed by atoms with van der Waals surface area (Å²) >= 11 is 0. The number of allylic oxidation sites excluding steroid dienone is 1. The van der Waals surface area contributed by atoms with E-state index in [-0.39, 0.29) is 0 Å². The summed E-state index contributed by atoms with van der Waals surface area (Å²) < 4.78 is 10.9. The highest BCUT2D eigenvalue weighted by molar-refractivity contribution is 5.40. The Morgan fingerprint density at radius 3 is 2.62 bits per heavy atom. The first-order valence-corrected chi connectivity index (χ1v) is 7.95. The molecule has 0 radical (unpaired) electrons. The van der Waals surface area contributed by atoms with Gasteiger partial charge in [0.2, 0.25) is 0 Å². The zero-order chi connectivity index (χ0) is 14.7. The highest BCUT2D eigenvalue weighted by Crippen LogP contribution is 2.35. The van der Waals surface area contributed by atoms with Crippen molar-refractivity contribution in [3.05, 3.63) is 35.9 Å². The van der Waals surface area contributed by atoms with Crippen molar-refractivity contribution in [1.82, 2.24) is 4.90 Å². The zero-order valence-electron chi connectivity index (χ0n) is 13.0. The Morgan fingerprint density at radius 1 is 1.14 bits per heavy atom. The van der Waals surface area contributed by atoms with Gasteiger partial charge in [0.1, 0.15) is 11.5 Å². The predicted octanol–water partition coefficient (Wildman–Crippen LogP) is 3.78. The van der Waals surface area contributed by atoms with E-state index in [4.69, 9.17) is 9.47 Å². The molecule has 3 nitrogen and oxygen atoms in total. The maximum absolute atomic E-state index is 5.53. The fourth-order valence-corrected chi connectivity index (χ4v) is 3.20. The number of hydrogen-bond acceptors (Lipinski definition) is 3. The van der Waals surface area contributed by atoms with E-state index in [0.717, 1.165) is 24.1 Å². The fraction of sp³-hybridized carbons (Fsp3) is 0.556. The Hall–Kier alpha value is -1.48. The van der Waals surface area contributed by atoms with Gasteiger partial charge in [-0.1, -0.05) is 12.2 Å². The SMILES string of the molecule is COc1ccc(OC)c(CN(C2C=CCCC2)C2CC2)c1. The summed E-state index contributed by atoms with van der Waals surface area (Å²) in [6, 6.07) is 7.41. The van der Waals surface area contributed by atoms with Crippen LogP contribution in [0.5, 0.6) is 11.5 Å². The van der Waals surface area contributed by atoms with Gasteiger partial charge in [-0.05, 0) is 50.3 Å². The van der Waals surface area contributed by atoms with E-state index in [1.54, 1.807) is 14.2 Å². The molecule has 114 valence electrons. The second-order valence-electron chi connectivity index (χ2n) is 6.01. The summed E-state index contributed by atoms with van der Waals surface area (Å²) in [5, 5.41) is 0. The Bertz CT molecular complexity index is 508. The Kier molecular flexibility index (Phi) is 4.49. The summed E-state index contributed by atoms with van der Waals surface area (Å²) in [4.78, 5) is 2.65. The normalized spacial score (nSPS) is 21.6. The molecule has 1 atom stereocenters. The van der Waals surface area contributed by atoms with Crippen molar-refractivity contribution >= 4 is 0 Å². The molecule has 2 aliphatic carbocycles. The van der Waals surface area contributed by atoms with Gasteiger partial charge in [-0.2, -0.15) is 0 Å². The topological polar surface area (TPSA) is 21.7 Å². The first kappa shape index (κ1) is 14.5. The first-order chi connectivity index (χ1) is 10.3. The maximum Gasteiger partial charge on any atom is 0.123 e. The molecule has 1 aromatic rings. The molecule has 0 spiro atoms. The van der Waals surface area contributed by atoms with Crippen LogP contribution < -0.4 is 9.47 Å². The summed E-state index contributed by atoms with van der Waals surface area (Å²) in [6.45, 7) is 0.944. The van der Waals surface area contributed by atoms with Crippen LogP contribution in [0.25, 0.3) is 0 Å². The quantitative estimate of drug-likeness (QED) is 0.743. The minimum atomic E-state index is 0.585. The van der Waals surface area contributed by atoms with Crippen molar-refractivity contribution < 1.29 is 9.47 Å². The van der Waals surface area contributed by atoms with Gasteiger partial charge in [0.15, 0.2) is 0 Å². The van der Waals surface area contributed by atoms with Crippen molar-refractivity contribution in [3.63, 3.8) is 0 Å². The Balaban J connectivity index is 1.81. The number of benzene rings is 1. The van der Waals surface area contributed by atoms with E-state index in [1.807, 2.05) is 12.1 Å². The molecule has 0 amide bonds. The number of nitrogens with zero attached hydrogens (tertiary/aromatic N) is 1. The second kappa shape index (κ2) is 6.52. The third-order valence-corrected chi connectivity index (χ3v) is 4.51. The lowest BCUT2D eigenvalue weighted by Crippen LogP contribution is -2.36. The van der Waals surface area contributed by atoms with Crippen LogP contribution in [0.2, 0.25) is 0 Å². The average Bonchev–Trinajstić information content (AvgIpc) is 3.38. The van der Waals surface area contributed by atoms with Crippen molar-refractivity contribution in [3.8, 4) is 11.5 Å². The van der Waals surface area contributed by atoms with Crippen LogP contribution in [0.3, 0.4) is 0 Å². The Morgan fingerprint density at radius 2 is 2.00 bits per heavy atom. The van der Waals surface area contributed by atoms with Crippen LogP contribution in [0.4, 0.5) is 0 Å². The second-order valence-corrected chi connectivity index (χ2v) is 6.01. The lowest BCUT2D eigenvalue weighted by molar-refractivity contribution is 0.192. The molecule has 3 rings (SSSR count). The lowest BCUT2D eigenvalue weighted by Gasteiger charge is -2.32.